The first-order chi connectivity index (χ1) is 8.46. The zero-order valence-electron chi connectivity index (χ0n) is 12.4. The van der Waals surface area contributed by atoms with Crippen molar-refractivity contribution < 1.29 is 19.5 Å². The molecule has 0 rings (SSSR count). The molecule has 0 bridgehead atoms. The molecule has 0 aliphatic carbocycles. The number of rotatable bonds is 5. The maximum absolute atomic E-state index is 12.1. The van der Waals surface area contributed by atoms with Crippen molar-refractivity contribution in [2.45, 2.75) is 53.6 Å². The minimum Gasteiger partial charge on any atom is -0.480 e. The highest BCUT2D eigenvalue weighted by Gasteiger charge is 2.35. The van der Waals surface area contributed by atoms with Crippen LogP contribution in [-0.2, 0) is 14.4 Å². The van der Waals surface area contributed by atoms with Gasteiger partial charge < -0.3 is 15.7 Å². The Hall–Kier alpha value is -1.59. The highest BCUT2D eigenvalue weighted by atomic mass is 16.4. The van der Waals surface area contributed by atoms with Gasteiger partial charge in [-0.1, -0.05) is 34.6 Å². The first kappa shape index (κ1) is 17.4. The SMILES string of the molecule is CC(=O)NC(C(=O)N[C@H](C(=O)O)C(C)(C)C)C(C)C. The molecule has 6 nitrogen and oxygen atoms in total. The van der Waals surface area contributed by atoms with Gasteiger partial charge in [0.25, 0.3) is 0 Å². The predicted molar refractivity (Wildman–Crippen MR) is 71.5 cm³/mol. The van der Waals surface area contributed by atoms with E-state index in [2.05, 4.69) is 10.6 Å². The van der Waals surface area contributed by atoms with Crippen molar-refractivity contribution in [1.82, 2.24) is 10.6 Å². The van der Waals surface area contributed by atoms with Crippen LogP contribution in [-0.4, -0.2) is 35.0 Å². The second-order valence-corrected chi connectivity index (χ2v) is 6.07. The molecule has 110 valence electrons. The van der Waals surface area contributed by atoms with Crippen molar-refractivity contribution in [3.05, 3.63) is 0 Å². The number of aliphatic carboxylic acids is 1. The normalized spacial score (nSPS) is 14.7. The number of hydrogen-bond donors (Lipinski definition) is 3. The van der Waals surface area contributed by atoms with Crippen LogP contribution in [0.15, 0.2) is 0 Å². The van der Waals surface area contributed by atoms with Gasteiger partial charge in [0.2, 0.25) is 11.8 Å². The van der Waals surface area contributed by atoms with E-state index in [9.17, 15) is 14.4 Å². The number of carboxylic acids is 1. The fourth-order valence-corrected chi connectivity index (χ4v) is 1.63. The van der Waals surface area contributed by atoms with Gasteiger partial charge in [-0.25, -0.2) is 4.79 Å². The molecular formula is C13H24N2O4. The summed E-state index contributed by atoms with van der Waals surface area (Å²) in [4.78, 5) is 34.4. The van der Waals surface area contributed by atoms with Crippen molar-refractivity contribution >= 4 is 17.8 Å². The number of carbonyl (C=O) groups is 3. The first-order valence-electron chi connectivity index (χ1n) is 6.27. The van der Waals surface area contributed by atoms with Gasteiger partial charge in [-0.05, 0) is 11.3 Å². The number of carboxylic acid groups (broad SMARTS) is 1. The van der Waals surface area contributed by atoms with Crippen molar-refractivity contribution in [2.24, 2.45) is 11.3 Å². The van der Waals surface area contributed by atoms with Crippen molar-refractivity contribution in [3.63, 3.8) is 0 Å². The van der Waals surface area contributed by atoms with E-state index in [1.807, 2.05) is 0 Å². The molecule has 0 saturated carbocycles. The molecule has 0 heterocycles. The zero-order chi connectivity index (χ0) is 15.4. The molecule has 0 aromatic carbocycles. The Labute approximate surface area is 113 Å². The summed E-state index contributed by atoms with van der Waals surface area (Å²) in [6.07, 6.45) is 0. The minimum absolute atomic E-state index is 0.127. The molecule has 19 heavy (non-hydrogen) atoms. The molecule has 6 heteroatoms. The summed E-state index contributed by atoms with van der Waals surface area (Å²) in [5, 5.41) is 14.2. The van der Waals surface area contributed by atoms with E-state index in [0.29, 0.717) is 0 Å². The lowest BCUT2D eigenvalue weighted by molar-refractivity contribution is -0.145. The lowest BCUT2D eigenvalue weighted by atomic mass is 9.86. The van der Waals surface area contributed by atoms with Crippen LogP contribution in [0.4, 0.5) is 0 Å². The number of carbonyl (C=O) groups excluding carboxylic acids is 2. The number of amides is 2. The summed E-state index contributed by atoms with van der Waals surface area (Å²) in [6, 6.07) is -1.74. The van der Waals surface area contributed by atoms with Gasteiger partial charge in [-0.3, -0.25) is 9.59 Å². The van der Waals surface area contributed by atoms with E-state index in [4.69, 9.17) is 5.11 Å². The largest absolute Gasteiger partial charge is 0.480 e. The number of nitrogens with one attached hydrogen (secondary N) is 2. The van der Waals surface area contributed by atoms with E-state index < -0.39 is 29.4 Å². The summed E-state index contributed by atoms with van der Waals surface area (Å²) < 4.78 is 0. The average molecular weight is 272 g/mol. The third-order valence-electron chi connectivity index (χ3n) is 2.71. The van der Waals surface area contributed by atoms with Crippen molar-refractivity contribution in [2.75, 3.05) is 0 Å². The molecule has 3 N–H and O–H groups in total. The zero-order valence-corrected chi connectivity index (χ0v) is 12.4. The fraction of sp³-hybridized carbons (Fsp3) is 0.769. The summed E-state index contributed by atoms with van der Waals surface area (Å²) in [5.74, 6) is -2.02. The molecule has 0 aliphatic rings. The monoisotopic (exact) mass is 272 g/mol. The van der Waals surface area contributed by atoms with E-state index in [-0.39, 0.29) is 11.8 Å². The molecule has 0 saturated heterocycles. The van der Waals surface area contributed by atoms with Gasteiger partial charge in [-0.15, -0.1) is 0 Å². The third-order valence-corrected chi connectivity index (χ3v) is 2.71. The van der Waals surface area contributed by atoms with E-state index in [0.717, 1.165) is 0 Å². The minimum atomic E-state index is -1.09. The van der Waals surface area contributed by atoms with Crippen LogP contribution in [0, 0.1) is 11.3 Å². The van der Waals surface area contributed by atoms with E-state index in [1.165, 1.54) is 6.92 Å². The maximum Gasteiger partial charge on any atom is 0.326 e. The van der Waals surface area contributed by atoms with Crippen LogP contribution in [0.2, 0.25) is 0 Å². The second-order valence-electron chi connectivity index (χ2n) is 6.07. The summed E-state index contributed by atoms with van der Waals surface area (Å²) >= 11 is 0. The van der Waals surface area contributed by atoms with E-state index >= 15 is 0 Å². The molecule has 0 radical (unpaired) electrons. The summed E-state index contributed by atoms with van der Waals surface area (Å²) in [7, 11) is 0. The van der Waals surface area contributed by atoms with Crippen LogP contribution >= 0.6 is 0 Å². The van der Waals surface area contributed by atoms with Crippen LogP contribution < -0.4 is 10.6 Å². The molecule has 2 amide bonds. The molecule has 0 fully saturated rings. The Bertz CT molecular complexity index is 358. The summed E-state index contributed by atoms with van der Waals surface area (Å²) in [5.41, 5.74) is -0.612. The Morgan fingerprint density at radius 1 is 1.05 bits per heavy atom. The van der Waals surface area contributed by atoms with Crippen molar-refractivity contribution in [1.29, 1.82) is 0 Å². The fourth-order valence-electron chi connectivity index (χ4n) is 1.63. The lowest BCUT2D eigenvalue weighted by Gasteiger charge is -2.30. The van der Waals surface area contributed by atoms with Crippen molar-refractivity contribution in [3.8, 4) is 0 Å². The Kier molecular flexibility index (Phi) is 5.99. The van der Waals surface area contributed by atoms with Crippen LogP contribution in [0.25, 0.3) is 0 Å². The van der Waals surface area contributed by atoms with Gasteiger partial charge in [0.1, 0.15) is 12.1 Å². The van der Waals surface area contributed by atoms with Gasteiger partial charge in [0, 0.05) is 6.92 Å². The summed E-state index contributed by atoms with van der Waals surface area (Å²) in [6.45, 7) is 10.1. The van der Waals surface area contributed by atoms with Crippen LogP contribution in [0.5, 0.6) is 0 Å². The molecular weight excluding hydrogens is 248 g/mol. The topological polar surface area (TPSA) is 95.5 Å². The highest BCUT2D eigenvalue weighted by molar-refractivity contribution is 5.90. The predicted octanol–water partition coefficient (Wildman–Crippen LogP) is 0.763. The maximum atomic E-state index is 12.1. The van der Waals surface area contributed by atoms with Gasteiger partial charge in [0.05, 0.1) is 0 Å². The lowest BCUT2D eigenvalue weighted by Crippen LogP contribution is -2.56. The quantitative estimate of drug-likeness (QED) is 0.688. The molecule has 0 aliphatic heterocycles. The third kappa shape index (κ3) is 5.72. The standard InChI is InChI=1S/C13H24N2O4/c1-7(2)9(14-8(3)16)11(17)15-10(12(18)19)13(4,5)6/h7,9-10H,1-6H3,(H,14,16)(H,15,17)(H,18,19)/t9?,10-/m1/s1. The van der Waals surface area contributed by atoms with Crippen LogP contribution in [0.3, 0.4) is 0 Å². The second kappa shape index (κ2) is 6.54. The van der Waals surface area contributed by atoms with Gasteiger partial charge in [-0.2, -0.15) is 0 Å². The molecule has 1 unspecified atom stereocenters. The van der Waals surface area contributed by atoms with Gasteiger partial charge >= 0.3 is 5.97 Å². The van der Waals surface area contributed by atoms with Gasteiger partial charge in [0.15, 0.2) is 0 Å². The average Bonchev–Trinajstić information content (AvgIpc) is 2.19. The Morgan fingerprint density at radius 2 is 1.53 bits per heavy atom. The number of hydrogen-bond acceptors (Lipinski definition) is 3. The Balaban J connectivity index is 4.97. The molecule has 0 aromatic rings. The highest BCUT2D eigenvalue weighted by Crippen LogP contribution is 2.19. The van der Waals surface area contributed by atoms with Crippen LogP contribution in [0.1, 0.15) is 41.5 Å². The Morgan fingerprint density at radius 3 is 1.79 bits per heavy atom. The molecule has 0 spiro atoms. The molecule has 2 atom stereocenters. The first-order valence-corrected chi connectivity index (χ1v) is 6.27. The molecule has 0 aromatic heterocycles. The van der Waals surface area contributed by atoms with E-state index in [1.54, 1.807) is 34.6 Å². The smallest absolute Gasteiger partial charge is 0.326 e.